The van der Waals surface area contributed by atoms with E-state index in [9.17, 15) is 4.79 Å². The molecular formula is C21H23Cl3N4O. The topological polar surface area (TPSA) is 47.9 Å². The average molecular weight is 454 g/mol. The van der Waals surface area contributed by atoms with E-state index in [0.29, 0.717) is 22.3 Å². The van der Waals surface area contributed by atoms with Gasteiger partial charge >= 0.3 is 0 Å². The standard InChI is InChI=1S/C21H23Cl3N4O/c1-15(16-6-7-19(23)20(24)12-16)25-26-21(29)14-28-10-8-27(9-11-28)13-17-4-2-3-5-18(17)22/h2-7,12H,8-11,13-14H2,1H3,(H,26,29)/b25-15+. The lowest BCUT2D eigenvalue weighted by Crippen LogP contribution is -2.48. The average Bonchev–Trinajstić information content (AvgIpc) is 2.71. The summed E-state index contributed by atoms with van der Waals surface area (Å²) in [6.45, 7) is 6.40. The van der Waals surface area contributed by atoms with Crippen LogP contribution in [0, 0.1) is 0 Å². The Balaban J connectivity index is 1.44. The Hall–Kier alpha value is -1.63. The van der Waals surface area contributed by atoms with Crippen molar-refractivity contribution in [3.05, 3.63) is 68.7 Å². The van der Waals surface area contributed by atoms with E-state index in [1.54, 1.807) is 12.1 Å². The molecule has 2 aromatic carbocycles. The maximum Gasteiger partial charge on any atom is 0.254 e. The van der Waals surface area contributed by atoms with E-state index in [1.807, 2.05) is 31.2 Å². The number of nitrogens with one attached hydrogen (secondary N) is 1. The molecule has 0 aliphatic carbocycles. The molecule has 1 saturated heterocycles. The number of carbonyl (C=O) groups is 1. The second-order valence-corrected chi connectivity index (χ2v) is 8.23. The maximum absolute atomic E-state index is 12.2. The van der Waals surface area contributed by atoms with Gasteiger partial charge in [-0.05, 0) is 36.2 Å². The molecule has 154 valence electrons. The van der Waals surface area contributed by atoms with E-state index < -0.39 is 0 Å². The van der Waals surface area contributed by atoms with E-state index in [2.05, 4.69) is 26.4 Å². The minimum absolute atomic E-state index is 0.135. The Morgan fingerprint density at radius 3 is 2.34 bits per heavy atom. The molecule has 29 heavy (non-hydrogen) atoms. The molecule has 1 heterocycles. The zero-order valence-corrected chi connectivity index (χ0v) is 18.4. The highest BCUT2D eigenvalue weighted by molar-refractivity contribution is 6.42. The first-order valence-corrected chi connectivity index (χ1v) is 10.5. The minimum Gasteiger partial charge on any atom is -0.296 e. The fourth-order valence-corrected chi connectivity index (χ4v) is 3.64. The van der Waals surface area contributed by atoms with Gasteiger partial charge < -0.3 is 0 Å². The monoisotopic (exact) mass is 452 g/mol. The summed E-state index contributed by atoms with van der Waals surface area (Å²) in [7, 11) is 0. The zero-order chi connectivity index (χ0) is 20.8. The molecule has 3 rings (SSSR count). The Labute approximate surface area is 186 Å². The second-order valence-electron chi connectivity index (χ2n) is 7.00. The molecule has 0 bridgehead atoms. The van der Waals surface area contributed by atoms with Crippen molar-refractivity contribution in [1.82, 2.24) is 15.2 Å². The first kappa shape index (κ1) is 22.1. The number of carbonyl (C=O) groups excluding carboxylic acids is 1. The van der Waals surface area contributed by atoms with Crippen LogP contribution in [0.3, 0.4) is 0 Å². The fraction of sp³-hybridized carbons (Fsp3) is 0.333. The summed E-state index contributed by atoms with van der Waals surface area (Å²) in [5.41, 5.74) is 5.23. The number of halogens is 3. The van der Waals surface area contributed by atoms with Crippen molar-refractivity contribution in [2.45, 2.75) is 13.5 Å². The molecule has 5 nitrogen and oxygen atoms in total. The van der Waals surface area contributed by atoms with Gasteiger partial charge in [0.05, 0.1) is 22.3 Å². The van der Waals surface area contributed by atoms with Gasteiger partial charge in [0.15, 0.2) is 0 Å². The third kappa shape index (κ3) is 6.43. The number of benzene rings is 2. The Kier molecular flexibility index (Phi) is 7.92. The molecule has 2 aromatic rings. The van der Waals surface area contributed by atoms with Crippen LogP contribution in [0.4, 0.5) is 0 Å². The molecule has 8 heteroatoms. The van der Waals surface area contributed by atoms with Gasteiger partial charge in [-0.15, -0.1) is 0 Å². The molecule has 1 fully saturated rings. The number of hydrogen-bond acceptors (Lipinski definition) is 4. The molecule has 0 atom stereocenters. The van der Waals surface area contributed by atoms with Crippen molar-refractivity contribution in [1.29, 1.82) is 0 Å². The van der Waals surface area contributed by atoms with Crippen molar-refractivity contribution >= 4 is 46.4 Å². The largest absolute Gasteiger partial charge is 0.296 e. The highest BCUT2D eigenvalue weighted by Crippen LogP contribution is 2.23. The minimum atomic E-state index is -0.135. The van der Waals surface area contributed by atoms with Crippen molar-refractivity contribution in [3.63, 3.8) is 0 Å². The molecule has 0 spiro atoms. The summed E-state index contributed by atoms with van der Waals surface area (Å²) < 4.78 is 0. The van der Waals surface area contributed by atoms with Crippen LogP contribution in [0.1, 0.15) is 18.1 Å². The van der Waals surface area contributed by atoms with Gasteiger partial charge in [-0.1, -0.05) is 59.1 Å². The van der Waals surface area contributed by atoms with E-state index in [4.69, 9.17) is 34.8 Å². The molecule has 1 aliphatic heterocycles. The van der Waals surface area contributed by atoms with Crippen molar-refractivity contribution in [2.75, 3.05) is 32.7 Å². The lowest BCUT2D eigenvalue weighted by atomic mass is 10.1. The van der Waals surface area contributed by atoms with Crippen LogP contribution < -0.4 is 5.43 Å². The quantitative estimate of drug-likeness (QED) is 0.524. The Morgan fingerprint density at radius 2 is 1.66 bits per heavy atom. The van der Waals surface area contributed by atoms with Crippen LogP contribution in [0.25, 0.3) is 0 Å². The number of nitrogens with zero attached hydrogens (tertiary/aromatic N) is 3. The van der Waals surface area contributed by atoms with E-state index in [1.165, 1.54) is 0 Å². The van der Waals surface area contributed by atoms with Crippen LogP contribution in [-0.4, -0.2) is 54.1 Å². The van der Waals surface area contributed by atoms with E-state index in [0.717, 1.165) is 48.9 Å². The molecule has 1 N–H and O–H groups in total. The van der Waals surface area contributed by atoms with Crippen LogP contribution in [0.15, 0.2) is 47.6 Å². The summed E-state index contributed by atoms with van der Waals surface area (Å²) >= 11 is 18.2. The van der Waals surface area contributed by atoms with Gasteiger partial charge in [-0.25, -0.2) is 5.43 Å². The predicted molar refractivity (Wildman–Crippen MR) is 120 cm³/mol. The lowest BCUT2D eigenvalue weighted by molar-refractivity contribution is -0.122. The number of rotatable bonds is 6. The Morgan fingerprint density at radius 1 is 0.966 bits per heavy atom. The summed E-state index contributed by atoms with van der Waals surface area (Å²) in [6, 6.07) is 13.2. The molecule has 0 unspecified atom stereocenters. The SMILES string of the molecule is C/C(=N\NC(=O)CN1CCN(Cc2ccccc2Cl)CC1)c1ccc(Cl)c(Cl)c1. The van der Waals surface area contributed by atoms with Crippen LogP contribution >= 0.6 is 34.8 Å². The first-order valence-electron chi connectivity index (χ1n) is 9.39. The second kappa shape index (κ2) is 10.4. The fourth-order valence-electron chi connectivity index (χ4n) is 3.14. The van der Waals surface area contributed by atoms with Crippen molar-refractivity contribution in [2.24, 2.45) is 5.10 Å². The zero-order valence-electron chi connectivity index (χ0n) is 16.2. The number of amides is 1. The molecule has 1 aliphatic rings. The van der Waals surface area contributed by atoms with Crippen LogP contribution in [0.2, 0.25) is 15.1 Å². The first-order chi connectivity index (χ1) is 13.9. The predicted octanol–water partition coefficient (Wildman–Crippen LogP) is 4.30. The van der Waals surface area contributed by atoms with E-state index >= 15 is 0 Å². The third-order valence-corrected chi connectivity index (χ3v) is 5.98. The molecule has 0 saturated carbocycles. The van der Waals surface area contributed by atoms with E-state index in [-0.39, 0.29) is 5.91 Å². The van der Waals surface area contributed by atoms with Gasteiger partial charge in [0.25, 0.3) is 5.91 Å². The number of piperazine rings is 1. The summed E-state index contributed by atoms with van der Waals surface area (Å²) in [4.78, 5) is 16.7. The van der Waals surface area contributed by atoms with Crippen LogP contribution in [0.5, 0.6) is 0 Å². The highest BCUT2D eigenvalue weighted by Gasteiger charge is 2.19. The molecule has 0 aromatic heterocycles. The number of hydrazone groups is 1. The molecule has 1 amide bonds. The maximum atomic E-state index is 12.2. The normalized spacial score (nSPS) is 16.1. The van der Waals surface area contributed by atoms with Crippen molar-refractivity contribution < 1.29 is 4.79 Å². The summed E-state index contributed by atoms with van der Waals surface area (Å²) in [6.07, 6.45) is 0. The Bertz CT molecular complexity index is 895. The summed E-state index contributed by atoms with van der Waals surface area (Å²) in [5.74, 6) is -0.135. The smallest absolute Gasteiger partial charge is 0.254 e. The highest BCUT2D eigenvalue weighted by atomic mass is 35.5. The van der Waals surface area contributed by atoms with Gasteiger partial charge in [-0.3, -0.25) is 14.6 Å². The van der Waals surface area contributed by atoms with Gasteiger partial charge in [0, 0.05) is 37.7 Å². The van der Waals surface area contributed by atoms with Gasteiger partial charge in [0.2, 0.25) is 0 Å². The van der Waals surface area contributed by atoms with Gasteiger partial charge in [-0.2, -0.15) is 5.10 Å². The molecular weight excluding hydrogens is 431 g/mol. The van der Waals surface area contributed by atoms with Gasteiger partial charge in [0.1, 0.15) is 0 Å². The molecule has 0 radical (unpaired) electrons. The third-order valence-electron chi connectivity index (χ3n) is 4.87. The number of hydrogen-bond donors (Lipinski definition) is 1. The lowest BCUT2D eigenvalue weighted by Gasteiger charge is -2.34. The van der Waals surface area contributed by atoms with Crippen LogP contribution in [-0.2, 0) is 11.3 Å². The summed E-state index contributed by atoms with van der Waals surface area (Å²) in [5, 5.41) is 5.92. The van der Waals surface area contributed by atoms with Crippen molar-refractivity contribution in [3.8, 4) is 0 Å².